The van der Waals surface area contributed by atoms with E-state index in [0.717, 1.165) is 11.1 Å². The third kappa shape index (κ3) is 5.33. The minimum atomic E-state index is -0.407. The zero-order chi connectivity index (χ0) is 17.5. The highest BCUT2D eigenvalue weighted by molar-refractivity contribution is 6.30. The molecule has 5 heteroatoms. The summed E-state index contributed by atoms with van der Waals surface area (Å²) < 4.78 is 7.02. The van der Waals surface area contributed by atoms with Crippen molar-refractivity contribution in [3.05, 3.63) is 94.8 Å². The van der Waals surface area contributed by atoms with E-state index in [1.54, 1.807) is 24.4 Å². The lowest BCUT2D eigenvalue weighted by Crippen LogP contribution is -2.00. The molecule has 126 valence electrons. The maximum Gasteiger partial charge on any atom is 0.331 e. The number of nitrogens with zero attached hydrogens (tertiary/aromatic N) is 2. The number of hydrogen-bond donors (Lipinski definition) is 0. The molecular formula is C20H17ClN2O2. The molecule has 0 radical (unpaired) electrons. The Morgan fingerprint density at radius 2 is 1.92 bits per heavy atom. The fourth-order valence-corrected chi connectivity index (χ4v) is 2.53. The summed E-state index contributed by atoms with van der Waals surface area (Å²) in [6.07, 6.45) is 6.68. The molecule has 3 rings (SSSR count). The van der Waals surface area contributed by atoms with Crippen LogP contribution in [-0.2, 0) is 22.7 Å². The van der Waals surface area contributed by atoms with E-state index in [0.29, 0.717) is 11.6 Å². The van der Waals surface area contributed by atoms with E-state index in [4.69, 9.17) is 16.3 Å². The van der Waals surface area contributed by atoms with Gasteiger partial charge in [-0.15, -0.1) is 0 Å². The van der Waals surface area contributed by atoms with Crippen LogP contribution >= 0.6 is 11.6 Å². The van der Waals surface area contributed by atoms with Gasteiger partial charge in [0.05, 0.1) is 12.7 Å². The van der Waals surface area contributed by atoms with E-state index < -0.39 is 5.97 Å². The molecule has 0 aliphatic carbocycles. The van der Waals surface area contributed by atoms with E-state index in [9.17, 15) is 4.79 Å². The molecule has 4 nitrogen and oxygen atoms in total. The van der Waals surface area contributed by atoms with Gasteiger partial charge in [-0.3, -0.25) is 4.68 Å². The molecule has 3 aromatic rings. The summed E-state index contributed by atoms with van der Waals surface area (Å²) >= 11 is 5.90. The third-order valence-corrected chi connectivity index (χ3v) is 3.76. The van der Waals surface area contributed by atoms with Gasteiger partial charge in [-0.25, -0.2) is 4.79 Å². The second-order valence-corrected chi connectivity index (χ2v) is 5.96. The predicted molar refractivity (Wildman–Crippen MR) is 98.1 cm³/mol. The topological polar surface area (TPSA) is 44.1 Å². The Balaban J connectivity index is 1.52. The van der Waals surface area contributed by atoms with Crippen molar-refractivity contribution in [3.8, 4) is 0 Å². The van der Waals surface area contributed by atoms with Crippen LogP contribution in [-0.4, -0.2) is 15.7 Å². The van der Waals surface area contributed by atoms with Gasteiger partial charge >= 0.3 is 5.97 Å². The Morgan fingerprint density at radius 3 is 2.72 bits per heavy atom. The van der Waals surface area contributed by atoms with Gasteiger partial charge in [0, 0.05) is 22.9 Å². The van der Waals surface area contributed by atoms with Crippen molar-refractivity contribution in [2.75, 3.05) is 0 Å². The second-order valence-electron chi connectivity index (χ2n) is 5.53. The largest absolute Gasteiger partial charge is 0.458 e. The molecule has 0 unspecified atom stereocenters. The Bertz CT molecular complexity index is 872. The number of halogens is 1. The number of aromatic nitrogens is 2. The normalized spacial score (nSPS) is 10.9. The van der Waals surface area contributed by atoms with Crippen LogP contribution in [0.15, 0.2) is 73.1 Å². The molecule has 0 fully saturated rings. The van der Waals surface area contributed by atoms with Gasteiger partial charge in [0.25, 0.3) is 0 Å². The Morgan fingerprint density at radius 1 is 1.12 bits per heavy atom. The number of ether oxygens (including phenoxy) is 1. The van der Waals surface area contributed by atoms with Crippen LogP contribution in [0.25, 0.3) is 6.08 Å². The molecule has 0 saturated heterocycles. The first-order chi connectivity index (χ1) is 12.2. The first-order valence-corrected chi connectivity index (χ1v) is 8.22. The number of hydrogen-bond acceptors (Lipinski definition) is 3. The summed E-state index contributed by atoms with van der Waals surface area (Å²) in [7, 11) is 0. The van der Waals surface area contributed by atoms with Crippen molar-refractivity contribution in [2.24, 2.45) is 0 Å². The molecule has 0 aliphatic heterocycles. The van der Waals surface area contributed by atoms with Gasteiger partial charge in [0.15, 0.2) is 0 Å². The minimum absolute atomic E-state index is 0.191. The lowest BCUT2D eigenvalue weighted by molar-refractivity contribution is -0.138. The number of rotatable bonds is 6. The van der Waals surface area contributed by atoms with Crippen molar-refractivity contribution in [2.45, 2.75) is 13.2 Å². The zero-order valence-corrected chi connectivity index (χ0v) is 14.3. The van der Waals surface area contributed by atoms with Crippen molar-refractivity contribution in [1.29, 1.82) is 0 Å². The highest BCUT2D eigenvalue weighted by Gasteiger charge is 2.01. The predicted octanol–water partition coefficient (Wildman–Crippen LogP) is 4.34. The average molecular weight is 353 g/mol. The van der Waals surface area contributed by atoms with Crippen LogP contribution < -0.4 is 0 Å². The maximum atomic E-state index is 11.8. The summed E-state index contributed by atoms with van der Waals surface area (Å²) in [5, 5.41) is 4.91. The van der Waals surface area contributed by atoms with Gasteiger partial charge in [-0.1, -0.05) is 54.1 Å². The van der Waals surface area contributed by atoms with Crippen molar-refractivity contribution in [3.63, 3.8) is 0 Å². The van der Waals surface area contributed by atoms with Crippen LogP contribution in [0.1, 0.15) is 16.7 Å². The SMILES string of the molecule is O=C(/C=C/c1cnn(Cc2ccccc2)c1)OCc1cccc(Cl)c1. The van der Waals surface area contributed by atoms with Crippen molar-refractivity contribution in [1.82, 2.24) is 9.78 Å². The van der Waals surface area contributed by atoms with Crippen LogP contribution in [0.4, 0.5) is 0 Å². The molecule has 0 aliphatic rings. The Kier molecular flexibility index (Phi) is 5.65. The first-order valence-electron chi connectivity index (χ1n) is 7.85. The third-order valence-electron chi connectivity index (χ3n) is 3.52. The van der Waals surface area contributed by atoms with Crippen LogP contribution in [0.3, 0.4) is 0 Å². The highest BCUT2D eigenvalue weighted by atomic mass is 35.5. The highest BCUT2D eigenvalue weighted by Crippen LogP contribution is 2.12. The molecule has 1 heterocycles. The van der Waals surface area contributed by atoms with Crippen LogP contribution in [0.5, 0.6) is 0 Å². The quantitative estimate of drug-likeness (QED) is 0.489. The lowest BCUT2D eigenvalue weighted by Gasteiger charge is -2.02. The molecule has 0 N–H and O–H groups in total. The van der Waals surface area contributed by atoms with Gasteiger partial charge in [-0.05, 0) is 29.3 Å². The lowest BCUT2D eigenvalue weighted by atomic mass is 10.2. The fourth-order valence-electron chi connectivity index (χ4n) is 2.32. The summed E-state index contributed by atoms with van der Waals surface area (Å²) in [5.41, 5.74) is 2.86. The van der Waals surface area contributed by atoms with Gasteiger partial charge in [-0.2, -0.15) is 5.10 Å². The summed E-state index contributed by atoms with van der Waals surface area (Å²) in [6, 6.07) is 17.3. The summed E-state index contributed by atoms with van der Waals surface area (Å²) in [6.45, 7) is 0.880. The monoisotopic (exact) mass is 352 g/mol. The molecule has 0 bridgehead atoms. The van der Waals surface area contributed by atoms with E-state index in [1.165, 1.54) is 11.6 Å². The molecule has 0 spiro atoms. The number of carbonyl (C=O) groups excluding carboxylic acids is 1. The second kappa shape index (κ2) is 8.31. The zero-order valence-electron chi connectivity index (χ0n) is 13.5. The molecule has 2 aromatic carbocycles. The van der Waals surface area contributed by atoms with Crippen LogP contribution in [0, 0.1) is 0 Å². The molecular weight excluding hydrogens is 336 g/mol. The van der Waals surface area contributed by atoms with Crippen molar-refractivity contribution < 1.29 is 9.53 Å². The average Bonchev–Trinajstić information content (AvgIpc) is 3.06. The number of esters is 1. The fraction of sp³-hybridized carbons (Fsp3) is 0.100. The first kappa shape index (κ1) is 17.0. The minimum Gasteiger partial charge on any atom is -0.458 e. The Hall–Kier alpha value is -2.85. The Labute approximate surface area is 151 Å². The number of benzene rings is 2. The molecule has 1 aromatic heterocycles. The standard InChI is InChI=1S/C20H17ClN2O2/c21-19-8-4-7-17(11-19)15-25-20(24)10-9-18-12-22-23(14-18)13-16-5-2-1-3-6-16/h1-12,14H,13,15H2/b10-9+. The van der Waals surface area contributed by atoms with Gasteiger partial charge < -0.3 is 4.74 Å². The molecule has 0 saturated carbocycles. The van der Waals surface area contributed by atoms with E-state index >= 15 is 0 Å². The summed E-state index contributed by atoms with van der Waals surface area (Å²) in [5.74, 6) is -0.407. The van der Waals surface area contributed by atoms with E-state index in [2.05, 4.69) is 5.10 Å². The van der Waals surface area contributed by atoms with E-state index in [-0.39, 0.29) is 6.61 Å². The van der Waals surface area contributed by atoms with Gasteiger partial charge in [0.1, 0.15) is 6.61 Å². The van der Waals surface area contributed by atoms with E-state index in [1.807, 2.05) is 53.3 Å². The molecule has 0 amide bonds. The number of carbonyl (C=O) groups is 1. The van der Waals surface area contributed by atoms with Gasteiger partial charge in [0.2, 0.25) is 0 Å². The van der Waals surface area contributed by atoms with Crippen LogP contribution in [0.2, 0.25) is 5.02 Å². The van der Waals surface area contributed by atoms with Crippen molar-refractivity contribution >= 4 is 23.6 Å². The molecule has 25 heavy (non-hydrogen) atoms. The smallest absolute Gasteiger partial charge is 0.331 e. The summed E-state index contributed by atoms with van der Waals surface area (Å²) in [4.78, 5) is 11.8. The molecule has 0 atom stereocenters. The maximum absolute atomic E-state index is 11.8.